The molecule has 0 bridgehead atoms. The van der Waals surface area contributed by atoms with Gasteiger partial charge in [-0.15, -0.1) is 24.0 Å². The van der Waals surface area contributed by atoms with E-state index in [1.54, 1.807) is 11.3 Å². The highest BCUT2D eigenvalue weighted by Gasteiger charge is 2.01. The Bertz CT molecular complexity index is 573. The van der Waals surface area contributed by atoms with Crippen molar-refractivity contribution in [3.8, 4) is 0 Å². The van der Waals surface area contributed by atoms with E-state index < -0.39 is 0 Å². The third-order valence-electron chi connectivity index (χ3n) is 2.99. The van der Waals surface area contributed by atoms with E-state index in [-0.39, 0.29) is 24.0 Å². The lowest BCUT2D eigenvalue weighted by atomic mass is 10.1. The van der Waals surface area contributed by atoms with Gasteiger partial charge in [0.05, 0.1) is 6.54 Å². The molecule has 0 saturated heterocycles. The van der Waals surface area contributed by atoms with Crippen LogP contribution in [0.2, 0.25) is 5.02 Å². The van der Waals surface area contributed by atoms with Crippen LogP contribution in [0.15, 0.2) is 46.1 Å². The SMILES string of the molecule is CCNC(=NCc1ccsc1)NCCc1ccccc1Cl.I. The van der Waals surface area contributed by atoms with Crippen LogP contribution in [0.3, 0.4) is 0 Å². The quantitative estimate of drug-likeness (QED) is 0.391. The summed E-state index contributed by atoms with van der Waals surface area (Å²) >= 11 is 7.85. The van der Waals surface area contributed by atoms with Crippen molar-refractivity contribution >= 4 is 52.9 Å². The summed E-state index contributed by atoms with van der Waals surface area (Å²) in [5.41, 5.74) is 2.39. The van der Waals surface area contributed by atoms with Gasteiger partial charge < -0.3 is 10.6 Å². The molecule has 2 rings (SSSR count). The largest absolute Gasteiger partial charge is 0.357 e. The molecule has 3 nitrogen and oxygen atoms in total. The van der Waals surface area contributed by atoms with Crippen molar-refractivity contribution in [3.05, 3.63) is 57.2 Å². The van der Waals surface area contributed by atoms with Crippen molar-refractivity contribution in [3.63, 3.8) is 0 Å². The normalized spacial score (nSPS) is 10.9. The minimum Gasteiger partial charge on any atom is -0.357 e. The summed E-state index contributed by atoms with van der Waals surface area (Å²) in [6.07, 6.45) is 0.878. The predicted molar refractivity (Wildman–Crippen MR) is 108 cm³/mol. The van der Waals surface area contributed by atoms with Gasteiger partial charge in [-0.25, -0.2) is 4.99 Å². The standard InChI is InChI=1S/C16H20ClN3S.HI/c1-2-18-16(20-11-13-8-10-21-12-13)19-9-7-14-5-3-4-6-15(14)17;/h3-6,8,10,12H,2,7,9,11H2,1H3,(H2,18,19,20);1H. The first-order valence-electron chi connectivity index (χ1n) is 7.06. The summed E-state index contributed by atoms with van der Waals surface area (Å²) in [6.45, 7) is 4.42. The minimum atomic E-state index is 0. The van der Waals surface area contributed by atoms with Crippen molar-refractivity contribution in [1.29, 1.82) is 0 Å². The van der Waals surface area contributed by atoms with Crippen molar-refractivity contribution < 1.29 is 0 Å². The molecule has 0 radical (unpaired) electrons. The van der Waals surface area contributed by atoms with Gasteiger partial charge in [-0.1, -0.05) is 29.8 Å². The first-order valence-corrected chi connectivity index (χ1v) is 8.38. The smallest absolute Gasteiger partial charge is 0.191 e. The zero-order chi connectivity index (χ0) is 14.9. The number of hydrogen-bond donors (Lipinski definition) is 2. The molecule has 0 aliphatic heterocycles. The molecular weight excluding hydrogens is 429 g/mol. The van der Waals surface area contributed by atoms with Crippen LogP contribution < -0.4 is 10.6 Å². The first kappa shape index (κ1) is 19.3. The van der Waals surface area contributed by atoms with E-state index in [9.17, 15) is 0 Å². The zero-order valence-corrected chi connectivity index (χ0v) is 16.4. The van der Waals surface area contributed by atoms with E-state index in [0.29, 0.717) is 6.54 Å². The summed E-state index contributed by atoms with van der Waals surface area (Å²) in [4.78, 5) is 4.58. The highest BCUT2D eigenvalue weighted by atomic mass is 127. The van der Waals surface area contributed by atoms with Crippen LogP contribution in [-0.4, -0.2) is 19.0 Å². The fourth-order valence-corrected chi connectivity index (χ4v) is 2.80. The molecule has 2 aromatic rings. The second kappa shape index (κ2) is 10.9. The molecule has 22 heavy (non-hydrogen) atoms. The number of thiophene rings is 1. The van der Waals surface area contributed by atoms with Crippen LogP contribution in [0, 0.1) is 0 Å². The second-order valence-corrected chi connectivity index (χ2v) is 5.78. The fourth-order valence-electron chi connectivity index (χ4n) is 1.91. The monoisotopic (exact) mass is 449 g/mol. The Morgan fingerprint density at radius 2 is 2.05 bits per heavy atom. The van der Waals surface area contributed by atoms with Gasteiger partial charge in [0.2, 0.25) is 0 Å². The molecule has 0 aliphatic rings. The van der Waals surface area contributed by atoms with Crippen LogP contribution in [-0.2, 0) is 13.0 Å². The van der Waals surface area contributed by atoms with Crippen LogP contribution in [0.1, 0.15) is 18.1 Å². The molecular formula is C16H21ClIN3S. The average Bonchev–Trinajstić information content (AvgIpc) is 3.00. The van der Waals surface area contributed by atoms with Crippen molar-refractivity contribution in [1.82, 2.24) is 10.6 Å². The zero-order valence-electron chi connectivity index (χ0n) is 12.5. The lowest BCUT2D eigenvalue weighted by Gasteiger charge is -2.11. The second-order valence-electron chi connectivity index (χ2n) is 4.59. The fraction of sp³-hybridized carbons (Fsp3) is 0.312. The Morgan fingerprint density at radius 3 is 2.73 bits per heavy atom. The molecule has 6 heteroatoms. The van der Waals surface area contributed by atoms with E-state index in [4.69, 9.17) is 11.6 Å². The molecule has 0 aliphatic carbocycles. The lowest BCUT2D eigenvalue weighted by Crippen LogP contribution is -2.38. The summed E-state index contributed by atoms with van der Waals surface area (Å²) in [5, 5.41) is 11.6. The van der Waals surface area contributed by atoms with Gasteiger partial charge in [0.1, 0.15) is 0 Å². The molecule has 0 saturated carbocycles. The number of nitrogens with one attached hydrogen (secondary N) is 2. The van der Waals surface area contributed by atoms with Gasteiger partial charge in [-0.3, -0.25) is 0 Å². The highest BCUT2D eigenvalue weighted by Crippen LogP contribution is 2.14. The molecule has 1 aromatic carbocycles. The van der Waals surface area contributed by atoms with E-state index in [0.717, 1.165) is 36.1 Å². The van der Waals surface area contributed by atoms with Gasteiger partial charge in [0, 0.05) is 18.1 Å². The Kier molecular flexibility index (Phi) is 9.50. The average molecular weight is 450 g/mol. The van der Waals surface area contributed by atoms with Crippen LogP contribution in [0.5, 0.6) is 0 Å². The van der Waals surface area contributed by atoms with Crippen molar-refractivity contribution in [2.24, 2.45) is 4.99 Å². The third-order valence-corrected chi connectivity index (χ3v) is 4.09. The van der Waals surface area contributed by atoms with Gasteiger partial charge in [-0.2, -0.15) is 11.3 Å². The van der Waals surface area contributed by atoms with Crippen molar-refractivity contribution in [2.45, 2.75) is 19.9 Å². The highest BCUT2D eigenvalue weighted by molar-refractivity contribution is 14.0. The van der Waals surface area contributed by atoms with E-state index in [2.05, 4.69) is 45.4 Å². The summed E-state index contributed by atoms with van der Waals surface area (Å²) < 4.78 is 0. The van der Waals surface area contributed by atoms with Gasteiger partial charge >= 0.3 is 0 Å². The number of hydrogen-bond acceptors (Lipinski definition) is 2. The number of aliphatic imine (C=N–C) groups is 1. The van der Waals surface area contributed by atoms with Crippen LogP contribution >= 0.6 is 46.9 Å². The maximum atomic E-state index is 6.16. The lowest BCUT2D eigenvalue weighted by molar-refractivity contribution is 0.800. The van der Waals surface area contributed by atoms with Crippen molar-refractivity contribution in [2.75, 3.05) is 13.1 Å². The molecule has 1 aromatic heterocycles. The Hall–Kier alpha value is -0.790. The van der Waals surface area contributed by atoms with Gasteiger partial charge in [-0.05, 0) is 47.4 Å². The van der Waals surface area contributed by atoms with Gasteiger partial charge in [0.15, 0.2) is 5.96 Å². The summed E-state index contributed by atoms with van der Waals surface area (Å²) in [5.74, 6) is 0.843. The molecule has 0 atom stereocenters. The Balaban J connectivity index is 0.00000242. The number of guanidine groups is 1. The predicted octanol–water partition coefficient (Wildman–Crippen LogP) is 4.32. The van der Waals surface area contributed by atoms with E-state index in [1.165, 1.54) is 5.56 Å². The molecule has 0 spiro atoms. The van der Waals surface area contributed by atoms with E-state index >= 15 is 0 Å². The summed E-state index contributed by atoms with van der Waals surface area (Å²) in [7, 11) is 0. The Morgan fingerprint density at radius 1 is 1.23 bits per heavy atom. The number of halogens is 2. The molecule has 0 fully saturated rings. The number of rotatable bonds is 6. The topological polar surface area (TPSA) is 36.4 Å². The molecule has 2 N–H and O–H groups in total. The molecule has 0 amide bonds. The minimum absolute atomic E-state index is 0. The van der Waals surface area contributed by atoms with Gasteiger partial charge in [0.25, 0.3) is 0 Å². The first-order chi connectivity index (χ1) is 10.3. The van der Waals surface area contributed by atoms with Crippen LogP contribution in [0.25, 0.3) is 0 Å². The number of benzene rings is 1. The third kappa shape index (κ3) is 6.54. The summed E-state index contributed by atoms with van der Waals surface area (Å²) in [6, 6.07) is 10.0. The van der Waals surface area contributed by atoms with Crippen LogP contribution in [0.4, 0.5) is 0 Å². The molecule has 120 valence electrons. The maximum Gasteiger partial charge on any atom is 0.191 e. The molecule has 1 heterocycles. The van der Waals surface area contributed by atoms with E-state index in [1.807, 2.05) is 18.2 Å². The Labute approximate surface area is 158 Å². The maximum absolute atomic E-state index is 6.16. The molecule has 0 unspecified atom stereocenters. The number of nitrogens with zero attached hydrogens (tertiary/aromatic N) is 1.